The van der Waals surface area contributed by atoms with Gasteiger partial charge in [-0.3, -0.25) is 4.79 Å². The van der Waals surface area contributed by atoms with Crippen molar-refractivity contribution in [2.45, 2.75) is 20.0 Å². The van der Waals surface area contributed by atoms with Gasteiger partial charge >= 0.3 is 6.18 Å². The highest BCUT2D eigenvalue weighted by atomic mass is 79.9. The van der Waals surface area contributed by atoms with Crippen molar-refractivity contribution >= 4 is 21.7 Å². The van der Waals surface area contributed by atoms with Crippen molar-refractivity contribution in [2.75, 3.05) is 0 Å². The Balaban J connectivity index is 3.29. The second-order valence-corrected chi connectivity index (χ2v) is 3.99. The van der Waals surface area contributed by atoms with Gasteiger partial charge in [-0.05, 0) is 25.0 Å². The molecule has 0 fully saturated rings. The van der Waals surface area contributed by atoms with E-state index in [-0.39, 0.29) is 5.56 Å². The maximum atomic E-state index is 12.2. The SMILES string of the molecule is Cc1ccc(C(=O)C(F)(F)F)c(C)c1Br. The van der Waals surface area contributed by atoms with Gasteiger partial charge in [0.1, 0.15) is 0 Å². The van der Waals surface area contributed by atoms with E-state index >= 15 is 0 Å². The van der Waals surface area contributed by atoms with Crippen LogP contribution in [0.25, 0.3) is 0 Å². The van der Waals surface area contributed by atoms with Gasteiger partial charge in [-0.2, -0.15) is 13.2 Å². The molecule has 0 radical (unpaired) electrons. The lowest BCUT2D eigenvalue weighted by Gasteiger charge is -2.10. The topological polar surface area (TPSA) is 17.1 Å². The first-order valence-corrected chi connectivity index (χ1v) is 4.91. The summed E-state index contributed by atoms with van der Waals surface area (Å²) in [6.45, 7) is 3.23. The number of alkyl halides is 3. The first-order chi connectivity index (χ1) is 6.75. The second kappa shape index (κ2) is 3.96. The van der Waals surface area contributed by atoms with E-state index in [1.807, 2.05) is 0 Å². The minimum atomic E-state index is -4.82. The fourth-order valence-electron chi connectivity index (χ4n) is 1.22. The van der Waals surface area contributed by atoms with Crippen LogP contribution in [0.2, 0.25) is 0 Å². The fraction of sp³-hybridized carbons (Fsp3) is 0.300. The molecule has 15 heavy (non-hydrogen) atoms. The molecule has 1 rings (SSSR count). The van der Waals surface area contributed by atoms with E-state index in [4.69, 9.17) is 0 Å². The van der Waals surface area contributed by atoms with Gasteiger partial charge in [0.25, 0.3) is 5.78 Å². The van der Waals surface area contributed by atoms with Gasteiger partial charge in [-0.1, -0.05) is 28.1 Å². The molecule has 5 heteroatoms. The highest BCUT2D eigenvalue weighted by Gasteiger charge is 2.40. The molecule has 1 nitrogen and oxygen atoms in total. The van der Waals surface area contributed by atoms with Crippen LogP contribution in [0.4, 0.5) is 13.2 Å². The van der Waals surface area contributed by atoms with E-state index in [2.05, 4.69) is 15.9 Å². The summed E-state index contributed by atoms with van der Waals surface area (Å²) in [5.74, 6) is -1.80. The molecule has 0 aromatic heterocycles. The lowest BCUT2D eigenvalue weighted by molar-refractivity contribution is -0.0885. The van der Waals surface area contributed by atoms with Gasteiger partial charge in [-0.25, -0.2) is 0 Å². The molecule has 0 saturated carbocycles. The highest BCUT2D eigenvalue weighted by Crippen LogP contribution is 2.28. The van der Waals surface area contributed by atoms with Gasteiger partial charge in [0.15, 0.2) is 0 Å². The summed E-state index contributed by atoms with van der Waals surface area (Å²) in [4.78, 5) is 11.0. The highest BCUT2D eigenvalue weighted by molar-refractivity contribution is 9.10. The van der Waals surface area contributed by atoms with Crippen LogP contribution < -0.4 is 0 Å². The third kappa shape index (κ3) is 2.40. The summed E-state index contributed by atoms with van der Waals surface area (Å²) >= 11 is 3.15. The maximum absolute atomic E-state index is 12.2. The average molecular weight is 281 g/mol. The standard InChI is InChI=1S/C10H8BrF3O/c1-5-3-4-7(6(2)8(5)11)9(15)10(12,13)14/h3-4H,1-2H3. The normalized spacial score (nSPS) is 11.6. The molecule has 0 heterocycles. The van der Waals surface area contributed by atoms with E-state index in [1.54, 1.807) is 6.92 Å². The molecular weight excluding hydrogens is 273 g/mol. The number of benzene rings is 1. The Bertz CT molecular complexity index is 410. The van der Waals surface area contributed by atoms with Crippen molar-refractivity contribution in [2.24, 2.45) is 0 Å². The maximum Gasteiger partial charge on any atom is 0.454 e. The Labute approximate surface area is 93.4 Å². The van der Waals surface area contributed by atoms with Crippen molar-refractivity contribution in [3.05, 3.63) is 33.3 Å². The number of rotatable bonds is 1. The Kier molecular flexibility index (Phi) is 3.23. The molecular formula is C10H8BrF3O. The zero-order chi connectivity index (χ0) is 11.8. The van der Waals surface area contributed by atoms with Crippen molar-refractivity contribution in [3.8, 4) is 0 Å². The van der Waals surface area contributed by atoms with Crippen LogP contribution in [-0.2, 0) is 0 Å². The molecule has 0 aliphatic carbocycles. The van der Waals surface area contributed by atoms with Crippen LogP contribution in [0, 0.1) is 13.8 Å². The minimum absolute atomic E-state index is 0.306. The largest absolute Gasteiger partial charge is 0.454 e. The predicted octanol–water partition coefficient (Wildman–Crippen LogP) is 3.81. The molecule has 0 amide bonds. The molecule has 1 aromatic rings. The van der Waals surface area contributed by atoms with Crippen LogP contribution in [0.3, 0.4) is 0 Å². The van der Waals surface area contributed by atoms with Crippen molar-refractivity contribution in [3.63, 3.8) is 0 Å². The number of carbonyl (C=O) groups is 1. The van der Waals surface area contributed by atoms with Gasteiger partial charge in [0.05, 0.1) is 0 Å². The summed E-state index contributed by atoms with van der Waals surface area (Å²) in [5.41, 5.74) is 0.809. The Morgan fingerprint density at radius 3 is 2.27 bits per heavy atom. The van der Waals surface area contributed by atoms with E-state index in [9.17, 15) is 18.0 Å². The number of Topliss-reactive ketones (excluding diaryl/α,β-unsaturated/α-hetero) is 1. The first kappa shape index (κ1) is 12.2. The lowest BCUT2D eigenvalue weighted by Crippen LogP contribution is -2.23. The van der Waals surface area contributed by atoms with Gasteiger partial charge < -0.3 is 0 Å². The monoisotopic (exact) mass is 280 g/mol. The van der Waals surface area contributed by atoms with Crippen molar-refractivity contribution < 1.29 is 18.0 Å². The number of ketones is 1. The molecule has 82 valence electrons. The average Bonchev–Trinajstić information content (AvgIpc) is 2.12. The number of hydrogen-bond donors (Lipinski definition) is 0. The minimum Gasteiger partial charge on any atom is -0.284 e. The zero-order valence-corrected chi connectivity index (χ0v) is 9.66. The Hall–Kier alpha value is -0.840. The van der Waals surface area contributed by atoms with E-state index in [0.29, 0.717) is 10.0 Å². The van der Waals surface area contributed by atoms with Gasteiger partial charge in [-0.15, -0.1) is 0 Å². The summed E-state index contributed by atoms with van der Waals surface area (Å²) in [5, 5.41) is 0. The second-order valence-electron chi connectivity index (χ2n) is 3.20. The Morgan fingerprint density at radius 1 is 1.27 bits per heavy atom. The molecule has 0 saturated heterocycles. The van der Waals surface area contributed by atoms with Gasteiger partial charge in [0.2, 0.25) is 0 Å². The lowest BCUT2D eigenvalue weighted by atomic mass is 10.0. The molecule has 0 unspecified atom stereocenters. The number of hydrogen-bond acceptors (Lipinski definition) is 1. The summed E-state index contributed by atoms with van der Waals surface area (Å²) in [6.07, 6.45) is -4.82. The Morgan fingerprint density at radius 2 is 1.80 bits per heavy atom. The molecule has 0 aliphatic heterocycles. The van der Waals surface area contributed by atoms with Crippen LogP contribution in [-0.4, -0.2) is 12.0 Å². The molecule has 0 atom stereocenters. The molecule has 0 N–H and O–H groups in total. The third-order valence-corrected chi connectivity index (χ3v) is 3.30. The quantitative estimate of drug-likeness (QED) is 0.715. The van der Waals surface area contributed by atoms with Crippen LogP contribution in [0.5, 0.6) is 0 Å². The summed E-state index contributed by atoms with van der Waals surface area (Å²) in [7, 11) is 0. The summed E-state index contributed by atoms with van der Waals surface area (Å²) in [6, 6.07) is 2.68. The molecule has 0 aliphatic rings. The van der Waals surface area contributed by atoms with Crippen molar-refractivity contribution in [1.29, 1.82) is 0 Å². The van der Waals surface area contributed by atoms with E-state index in [0.717, 1.165) is 5.56 Å². The fourth-order valence-corrected chi connectivity index (χ4v) is 1.56. The van der Waals surface area contributed by atoms with Crippen LogP contribution in [0.1, 0.15) is 21.5 Å². The first-order valence-electron chi connectivity index (χ1n) is 4.12. The van der Waals surface area contributed by atoms with E-state index < -0.39 is 12.0 Å². The number of halogens is 4. The smallest absolute Gasteiger partial charge is 0.284 e. The molecule has 0 bridgehead atoms. The third-order valence-electron chi connectivity index (χ3n) is 2.08. The van der Waals surface area contributed by atoms with Crippen molar-refractivity contribution in [1.82, 2.24) is 0 Å². The van der Waals surface area contributed by atoms with Crippen LogP contribution in [0.15, 0.2) is 16.6 Å². The number of aryl methyl sites for hydroxylation is 1. The molecule has 1 aromatic carbocycles. The van der Waals surface area contributed by atoms with Crippen LogP contribution >= 0.6 is 15.9 Å². The predicted molar refractivity (Wildman–Crippen MR) is 54.0 cm³/mol. The van der Waals surface area contributed by atoms with Gasteiger partial charge in [0, 0.05) is 10.0 Å². The zero-order valence-electron chi connectivity index (χ0n) is 8.07. The van der Waals surface area contributed by atoms with E-state index in [1.165, 1.54) is 19.1 Å². The summed E-state index contributed by atoms with van der Waals surface area (Å²) < 4.78 is 37.1. The molecule has 0 spiro atoms. The number of carbonyl (C=O) groups excluding carboxylic acids is 1.